The third-order valence-electron chi connectivity index (χ3n) is 3.05. The van der Waals surface area contributed by atoms with E-state index in [2.05, 4.69) is 0 Å². The maximum Gasteiger partial charge on any atom is 0.125 e. The van der Waals surface area contributed by atoms with Crippen molar-refractivity contribution < 1.29 is 4.39 Å². The van der Waals surface area contributed by atoms with Crippen LogP contribution >= 0.6 is 0 Å². The third-order valence-corrected chi connectivity index (χ3v) is 3.05. The number of benzene rings is 1. The van der Waals surface area contributed by atoms with Gasteiger partial charge in [0.15, 0.2) is 0 Å². The first-order valence-corrected chi connectivity index (χ1v) is 5.51. The van der Waals surface area contributed by atoms with Crippen molar-refractivity contribution in [3.05, 3.63) is 35.9 Å². The average molecular weight is 209 g/mol. The van der Waals surface area contributed by atoms with Crippen LogP contribution in [-0.4, -0.2) is 12.2 Å². The maximum absolute atomic E-state index is 14.2. The molecule has 0 aliphatic carbocycles. The highest BCUT2D eigenvalue weighted by atomic mass is 19.1. The summed E-state index contributed by atoms with van der Waals surface area (Å²) in [6.45, 7) is 3.88. The lowest BCUT2D eigenvalue weighted by Gasteiger charge is -2.27. The van der Waals surface area contributed by atoms with Gasteiger partial charge in [0, 0.05) is 6.54 Å². The minimum Gasteiger partial charge on any atom is -0.328 e. The van der Waals surface area contributed by atoms with Crippen molar-refractivity contribution in [3.63, 3.8) is 0 Å². The van der Waals surface area contributed by atoms with Crippen LogP contribution in [0.5, 0.6) is 0 Å². The Hall–Kier alpha value is -0.890. The van der Waals surface area contributed by atoms with Gasteiger partial charge in [0.05, 0.1) is 0 Å². The second kappa shape index (κ2) is 5.26. The molecule has 15 heavy (non-hydrogen) atoms. The molecule has 0 saturated heterocycles. The molecule has 1 aromatic carbocycles. The van der Waals surface area contributed by atoms with Gasteiger partial charge in [-0.2, -0.15) is 0 Å². The summed E-state index contributed by atoms with van der Waals surface area (Å²) in [5.74, 6) is -0.0220. The van der Waals surface area contributed by atoms with E-state index in [0.717, 1.165) is 6.42 Å². The summed E-state index contributed by atoms with van der Waals surface area (Å²) in [5.41, 5.74) is 5.45. The maximum atomic E-state index is 14.2. The fourth-order valence-corrected chi connectivity index (χ4v) is 1.62. The molecule has 0 fully saturated rings. The van der Waals surface area contributed by atoms with Crippen LogP contribution in [0.25, 0.3) is 0 Å². The van der Waals surface area contributed by atoms with Gasteiger partial charge in [-0.25, -0.2) is 4.39 Å². The summed E-state index contributed by atoms with van der Waals surface area (Å²) < 4.78 is 14.2. The largest absolute Gasteiger partial charge is 0.328 e. The van der Waals surface area contributed by atoms with Crippen molar-refractivity contribution in [2.45, 2.75) is 32.4 Å². The van der Waals surface area contributed by atoms with Crippen molar-refractivity contribution in [2.24, 2.45) is 11.7 Å². The van der Waals surface area contributed by atoms with Crippen LogP contribution in [0.4, 0.5) is 4.39 Å². The van der Waals surface area contributed by atoms with Crippen molar-refractivity contribution in [3.8, 4) is 0 Å². The first-order chi connectivity index (χ1) is 7.08. The second-order valence-electron chi connectivity index (χ2n) is 4.38. The van der Waals surface area contributed by atoms with Gasteiger partial charge in [0.25, 0.3) is 0 Å². The van der Waals surface area contributed by atoms with E-state index < -0.39 is 5.67 Å². The van der Waals surface area contributed by atoms with E-state index >= 15 is 0 Å². The zero-order valence-corrected chi connectivity index (χ0v) is 9.54. The van der Waals surface area contributed by atoms with Gasteiger partial charge in [-0.05, 0) is 24.3 Å². The molecular weight excluding hydrogens is 189 g/mol. The van der Waals surface area contributed by atoms with Gasteiger partial charge in [0.1, 0.15) is 5.67 Å². The van der Waals surface area contributed by atoms with Crippen LogP contribution in [0.2, 0.25) is 0 Å². The summed E-state index contributed by atoms with van der Waals surface area (Å²) in [6.07, 6.45) is 1.26. The Labute approximate surface area is 91.5 Å². The van der Waals surface area contributed by atoms with Crippen LogP contribution < -0.4 is 5.73 Å². The van der Waals surface area contributed by atoms with E-state index in [1.165, 1.54) is 5.56 Å². The first kappa shape index (κ1) is 12.2. The lowest BCUT2D eigenvalue weighted by atomic mass is 9.86. The molecule has 0 radical (unpaired) electrons. The molecule has 1 atom stereocenters. The molecule has 1 rings (SSSR count). The fourth-order valence-electron chi connectivity index (χ4n) is 1.62. The van der Waals surface area contributed by atoms with Crippen molar-refractivity contribution in [2.75, 3.05) is 6.54 Å². The van der Waals surface area contributed by atoms with Crippen LogP contribution in [0.3, 0.4) is 0 Å². The molecule has 0 aliphatic heterocycles. The molecule has 0 amide bonds. The van der Waals surface area contributed by atoms with E-state index in [9.17, 15) is 4.39 Å². The third kappa shape index (κ3) is 3.31. The van der Waals surface area contributed by atoms with Gasteiger partial charge < -0.3 is 5.73 Å². The molecule has 0 heterocycles. The highest BCUT2D eigenvalue weighted by Gasteiger charge is 2.31. The predicted octanol–water partition coefficient (Wildman–Crippen LogP) is 2.94. The fraction of sp³-hybridized carbons (Fsp3) is 0.538. The molecule has 0 aromatic heterocycles. The monoisotopic (exact) mass is 209 g/mol. The SMILES string of the molecule is CC(C)C(F)(CN)CCc1ccccc1. The van der Waals surface area contributed by atoms with Crippen LogP contribution in [0, 0.1) is 5.92 Å². The molecule has 1 nitrogen and oxygen atoms in total. The molecule has 0 bridgehead atoms. The highest BCUT2D eigenvalue weighted by molar-refractivity contribution is 5.15. The van der Waals surface area contributed by atoms with E-state index in [4.69, 9.17) is 5.73 Å². The highest BCUT2D eigenvalue weighted by Crippen LogP contribution is 2.26. The van der Waals surface area contributed by atoms with Gasteiger partial charge in [-0.1, -0.05) is 44.2 Å². The summed E-state index contributed by atoms with van der Waals surface area (Å²) in [6, 6.07) is 9.98. The summed E-state index contributed by atoms with van der Waals surface area (Å²) in [5, 5.41) is 0. The standard InChI is InChI=1S/C13H20FN/c1-11(2)13(14,10-15)9-8-12-6-4-3-5-7-12/h3-7,11H,8-10,15H2,1-2H3. The lowest BCUT2D eigenvalue weighted by molar-refractivity contribution is 0.0993. The molecule has 84 valence electrons. The Morgan fingerprint density at radius 3 is 2.33 bits per heavy atom. The average Bonchev–Trinajstić information content (AvgIpc) is 2.27. The van der Waals surface area contributed by atoms with Crippen molar-refractivity contribution >= 4 is 0 Å². The number of aryl methyl sites for hydroxylation is 1. The number of nitrogens with two attached hydrogens (primary N) is 1. The molecule has 0 aliphatic rings. The number of hydrogen-bond acceptors (Lipinski definition) is 1. The number of halogens is 1. The number of alkyl halides is 1. The molecular formula is C13H20FN. The van der Waals surface area contributed by atoms with Crippen LogP contribution in [0.1, 0.15) is 25.8 Å². The molecule has 2 heteroatoms. The van der Waals surface area contributed by atoms with E-state index in [1.807, 2.05) is 44.2 Å². The van der Waals surface area contributed by atoms with Gasteiger partial charge in [0.2, 0.25) is 0 Å². The Kier molecular flexibility index (Phi) is 4.28. The number of hydrogen-bond donors (Lipinski definition) is 1. The van der Waals surface area contributed by atoms with Gasteiger partial charge in [-0.15, -0.1) is 0 Å². The zero-order valence-electron chi connectivity index (χ0n) is 9.54. The van der Waals surface area contributed by atoms with Gasteiger partial charge in [-0.3, -0.25) is 0 Å². The Bertz CT molecular complexity index is 284. The van der Waals surface area contributed by atoms with E-state index in [0.29, 0.717) is 6.42 Å². The van der Waals surface area contributed by atoms with E-state index in [1.54, 1.807) is 0 Å². The lowest BCUT2D eigenvalue weighted by Crippen LogP contribution is -2.38. The zero-order chi connectivity index (χ0) is 11.3. The summed E-state index contributed by atoms with van der Waals surface area (Å²) in [7, 11) is 0. The summed E-state index contributed by atoms with van der Waals surface area (Å²) >= 11 is 0. The van der Waals surface area contributed by atoms with Crippen LogP contribution in [0.15, 0.2) is 30.3 Å². The Morgan fingerprint density at radius 2 is 1.87 bits per heavy atom. The molecule has 1 unspecified atom stereocenters. The normalized spacial score (nSPS) is 15.3. The molecule has 1 aromatic rings. The van der Waals surface area contributed by atoms with E-state index in [-0.39, 0.29) is 12.5 Å². The molecule has 0 spiro atoms. The topological polar surface area (TPSA) is 26.0 Å². The minimum absolute atomic E-state index is 0.0220. The summed E-state index contributed by atoms with van der Waals surface area (Å²) in [4.78, 5) is 0. The predicted molar refractivity (Wildman–Crippen MR) is 62.5 cm³/mol. The first-order valence-electron chi connectivity index (χ1n) is 5.51. The quantitative estimate of drug-likeness (QED) is 0.792. The minimum atomic E-state index is -1.23. The molecule has 0 saturated carbocycles. The van der Waals surface area contributed by atoms with Gasteiger partial charge >= 0.3 is 0 Å². The number of rotatable bonds is 5. The Balaban J connectivity index is 2.55. The Morgan fingerprint density at radius 1 is 1.27 bits per heavy atom. The van der Waals surface area contributed by atoms with Crippen LogP contribution in [-0.2, 0) is 6.42 Å². The molecule has 2 N–H and O–H groups in total. The smallest absolute Gasteiger partial charge is 0.125 e. The van der Waals surface area contributed by atoms with Crippen molar-refractivity contribution in [1.29, 1.82) is 0 Å². The van der Waals surface area contributed by atoms with Crippen molar-refractivity contribution in [1.82, 2.24) is 0 Å². The second-order valence-corrected chi connectivity index (χ2v) is 4.38.